The van der Waals surface area contributed by atoms with Crippen LogP contribution in [0.2, 0.25) is 0 Å². The Labute approximate surface area is 170 Å². The van der Waals surface area contributed by atoms with E-state index in [1.807, 2.05) is 24.3 Å². The second-order valence-electron chi connectivity index (χ2n) is 6.61. The number of benzene rings is 3. The van der Waals surface area contributed by atoms with Crippen LogP contribution in [0.25, 0.3) is 11.1 Å². The summed E-state index contributed by atoms with van der Waals surface area (Å²) < 4.78 is 10.7. The minimum atomic E-state index is -0.239. The van der Waals surface area contributed by atoms with Crippen LogP contribution in [0.15, 0.2) is 66.7 Å². The van der Waals surface area contributed by atoms with Crippen LogP contribution < -0.4 is 14.8 Å². The molecule has 0 aromatic heterocycles. The van der Waals surface area contributed by atoms with Crippen LogP contribution >= 0.6 is 0 Å². The molecular formula is C24H22N2O3. The van der Waals surface area contributed by atoms with Gasteiger partial charge in [0.15, 0.2) is 18.1 Å². The van der Waals surface area contributed by atoms with Crippen molar-refractivity contribution < 1.29 is 14.3 Å². The third kappa shape index (κ3) is 5.36. The van der Waals surface area contributed by atoms with E-state index in [2.05, 4.69) is 42.6 Å². The molecule has 0 fully saturated rings. The standard InChI is InChI=1S/C24H22N2O3/c1-17-5-3-7-20(11-17)21-8-4-6-19(12-21)15-26-24(27)16-29-22-10-9-18(14-25)13-23(22)28-2/h3-13H,15-16H2,1-2H3,(H,26,27). The van der Waals surface area contributed by atoms with Crippen molar-refractivity contribution in [2.45, 2.75) is 13.5 Å². The van der Waals surface area contributed by atoms with Gasteiger partial charge in [0.05, 0.1) is 18.7 Å². The minimum absolute atomic E-state index is 0.139. The van der Waals surface area contributed by atoms with Crippen molar-refractivity contribution in [3.8, 4) is 28.7 Å². The molecule has 3 aromatic rings. The highest BCUT2D eigenvalue weighted by Crippen LogP contribution is 2.27. The number of methoxy groups -OCH3 is 1. The number of hydrogen-bond donors (Lipinski definition) is 1. The second kappa shape index (κ2) is 9.43. The Balaban J connectivity index is 1.58. The van der Waals surface area contributed by atoms with Crippen LogP contribution in [0.3, 0.4) is 0 Å². The van der Waals surface area contributed by atoms with Gasteiger partial charge in [-0.1, -0.05) is 48.0 Å². The Morgan fingerprint density at radius 2 is 1.76 bits per heavy atom. The quantitative estimate of drug-likeness (QED) is 0.659. The molecule has 29 heavy (non-hydrogen) atoms. The molecule has 146 valence electrons. The average molecular weight is 386 g/mol. The van der Waals surface area contributed by atoms with E-state index < -0.39 is 0 Å². The van der Waals surface area contributed by atoms with E-state index in [0.29, 0.717) is 23.6 Å². The SMILES string of the molecule is COc1cc(C#N)ccc1OCC(=O)NCc1cccc(-c2cccc(C)c2)c1. The van der Waals surface area contributed by atoms with Crippen molar-refractivity contribution in [2.75, 3.05) is 13.7 Å². The smallest absolute Gasteiger partial charge is 0.258 e. The van der Waals surface area contributed by atoms with Gasteiger partial charge in [-0.15, -0.1) is 0 Å². The van der Waals surface area contributed by atoms with Crippen molar-refractivity contribution in [3.05, 3.63) is 83.4 Å². The van der Waals surface area contributed by atoms with Gasteiger partial charge in [-0.05, 0) is 41.8 Å². The highest BCUT2D eigenvalue weighted by atomic mass is 16.5. The maximum absolute atomic E-state index is 12.2. The molecule has 1 amide bonds. The van der Waals surface area contributed by atoms with E-state index in [4.69, 9.17) is 14.7 Å². The molecule has 5 heteroatoms. The van der Waals surface area contributed by atoms with Crippen LogP contribution in [0.1, 0.15) is 16.7 Å². The predicted octanol–water partition coefficient (Wildman–Crippen LogP) is 4.24. The molecule has 0 heterocycles. The summed E-state index contributed by atoms with van der Waals surface area (Å²) in [5.74, 6) is 0.600. The molecule has 0 aliphatic rings. The molecule has 0 atom stereocenters. The fraction of sp³-hybridized carbons (Fsp3) is 0.167. The van der Waals surface area contributed by atoms with Gasteiger partial charge < -0.3 is 14.8 Å². The third-order valence-corrected chi connectivity index (χ3v) is 4.42. The van der Waals surface area contributed by atoms with E-state index in [1.54, 1.807) is 18.2 Å². The molecule has 1 N–H and O–H groups in total. The molecule has 0 aliphatic heterocycles. The van der Waals surface area contributed by atoms with Gasteiger partial charge in [0, 0.05) is 12.6 Å². The van der Waals surface area contributed by atoms with E-state index >= 15 is 0 Å². The zero-order valence-corrected chi connectivity index (χ0v) is 16.4. The maximum atomic E-state index is 12.2. The summed E-state index contributed by atoms with van der Waals surface area (Å²) in [5, 5.41) is 11.8. The topological polar surface area (TPSA) is 71.3 Å². The third-order valence-electron chi connectivity index (χ3n) is 4.42. The zero-order chi connectivity index (χ0) is 20.6. The molecule has 0 saturated carbocycles. The molecule has 3 rings (SSSR count). The lowest BCUT2D eigenvalue weighted by atomic mass is 10.0. The summed E-state index contributed by atoms with van der Waals surface area (Å²) in [6.45, 7) is 2.34. The molecule has 0 saturated heterocycles. The molecule has 0 radical (unpaired) electrons. The first kappa shape index (κ1) is 20.0. The predicted molar refractivity (Wildman–Crippen MR) is 112 cm³/mol. The van der Waals surface area contributed by atoms with Gasteiger partial charge in [-0.2, -0.15) is 5.26 Å². The first-order valence-corrected chi connectivity index (χ1v) is 9.22. The summed E-state index contributed by atoms with van der Waals surface area (Å²) in [6, 6.07) is 23.2. The van der Waals surface area contributed by atoms with Gasteiger partial charge in [-0.25, -0.2) is 0 Å². The number of hydrogen-bond acceptors (Lipinski definition) is 4. The number of aryl methyl sites for hydroxylation is 1. The number of nitrogens with zero attached hydrogens (tertiary/aromatic N) is 1. The largest absolute Gasteiger partial charge is 0.493 e. The number of carbonyl (C=O) groups excluding carboxylic acids is 1. The summed E-state index contributed by atoms with van der Waals surface area (Å²) in [6.07, 6.45) is 0. The number of amides is 1. The van der Waals surface area contributed by atoms with Crippen LogP contribution in [0, 0.1) is 18.3 Å². The first-order valence-electron chi connectivity index (χ1n) is 9.22. The Kier molecular flexibility index (Phi) is 6.49. The van der Waals surface area contributed by atoms with Gasteiger partial charge in [0.25, 0.3) is 5.91 Å². The van der Waals surface area contributed by atoms with Crippen LogP contribution in [0.5, 0.6) is 11.5 Å². The fourth-order valence-electron chi connectivity index (χ4n) is 2.94. The lowest BCUT2D eigenvalue weighted by molar-refractivity contribution is -0.123. The number of nitriles is 1. The molecule has 0 spiro atoms. The molecule has 0 unspecified atom stereocenters. The molecule has 0 bridgehead atoms. The van der Waals surface area contributed by atoms with Crippen molar-refractivity contribution in [1.29, 1.82) is 5.26 Å². The van der Waals surface area contributed by atoms with Crippen molar-refractivity contribution in [1.82, 2.24) is 5.32 Å². The Morgan fingerprint density at radius 1 is 1.00 bits per heavy atom. The van der Waals surface area contributed by atoms with Crippen molar-refractivity contribution in [3.63, 3.8) is 0 Å². The molecular weight excluding hydrogens is 364 g/mol. The lowest BCUT2D eigenvalue weighted by Crippen LogP contribution is -2.28. The lowest BCUT2D eigenvalue weighted by Gasteiger charge is -2.11. The van der Waals surface area contributed by atoms with Gasteiger partial charge >= 0.3 is 0 Å². The van der Waals surface area contributed by atoms with Gasteiger partial charge in [0.2, 0.25) is 0 Å². The molecule has 5 nitrogen and oxygen atoms in total. The van der Waals surface area contributed by atoms with Crippen LogP contribution in [-0.2, 0) is 11.3 Å². The monoisotopic (exact) mass is 386 g/mol. The maximum Gasteiger partial charge on any atom is 0.258 e. The van der Waals surface area contributed by atoms with E-state index in [9.17, 15) is 4.79 Å². The van der Waals surface area contributed by atoms with Gasteiger partial charge in [-0.3, -0.25) is 4.79 Å². The summed E-state index contributed by atoms with van der Waals surface area (Å²) >= 11 is 0. The molecule has 0 aliphatic carbocycles. The number of nitrogens with one attached hydrogen (secondary N) is 1. The summed E-state index contributed by atoms with van der Waals surface area (Å²) in [4.78, 5) is 12.2. The van der Waals surface area contributed by atoms with Crippen molar-refractivity contribution in [2.24, 2.45) is 0 Å². The summed E-state index contributed by atoms with van der Waals surface area (Å²) in [7, 11) is 1.49. The molecule has 3 aromatic carbocycles. The minimum Gasteiger partial charge on any atom is -0.493 e. The van der Waals surface area contributed by atoms with Gasteiger partial charge in [0.1, 0.15) is 0 Å². The Hall–Kier alpha value is -3.78. The van der Waals surface area contributed by atoms with Crippen LogP contribution in [-0.4, -0.2) is 19.6 Å². The number of rotatable bonds is 7. The Morgan fingerprint density at radius 3 is 2.48 bits per heavy atom. The van der Waals surface area contributed by atoms with Crippen molar-refractivity contribution >= 4 is 5.91 Å². The van der Waals surface area contributed by atoms with Crippen LogP contribution in [0.4, 0.5) is 0 Å². The normalized spacial score (nSPS) is 10.1. The highest BCUT2D eigenvalue weighted by Gasteiger charge is 2.09. The average Bonchev–Trinajstić information content (AvgIpc) is 2.76. The number of carbonyl (C=O) groups is 1. The summed E-state index contributed by atoms with van der Waals surface area (Å²) in [5.41, 5.74) is 4.94. The van der Waals surface area contributed by atoms with E-state index in [1.165, 1.54) is 12.7 Å². The zero-order valence-electron chi connectivity index (χ0n) is 16.4. The highest BCUT2D eigenvalue weighted by molar-refractivity contribution is 5.77. The van der Waals surface area contributed by atoms with E-state index in [0.717, 1.165) is 16.7 Å². The Bertz CT molecular complexity index is 1050. The second-order valence-corrected chi connectivity index (χ2v) is 6.61. The number of ether oxygens (including phenoxy) is 2. The first-order chi connectivity index (χ1) is 14.1. The van der Waals surface area contributed by atoms with E-state index in [-0.39, 0.29) is 12.5 Å². The fourth-order valence-corrected chi connectivity index (χ4v) is 2.94.